The highest BCUT2D eigenvalue weighted by molar-refractivity contribution is 5.48. The van der Waals surface area contributed by atoms with E-state index in [1.165, 1.54) is 12.8 Å². The minimum absolute atomic E-state index is 0.639. The fourth-order valence-electron chi connectivity index (χ4n) is 0.250. The lowest BCUT2D eigenvalue weighted by Crippen LogP contribution is -1.75. The van der Waals surface area contributed by atoms with E-state index in [1.807, 2.05) is 34.6 Å². The SMILES string of the molecule is CC.CC.CC1(C)CC1.CCC=O. The van der Waals surface area contributed by atoms with E-state index in [-0.39, 0.29) is 0 Å². The van der Waals surface area contributed by atoms with E-state index >= 15 is 0 Å². The predicted octanol–water partition coefficient (Wildman–Crippen LogP) is 4.45. The molecule has 1 saturated carbocycles. The van der Waals surface area contributed by atoms with Crippen molar-refractivity contribution in [2.45, 2.75) is 67.7 Å². The first-order valence-corrected chi connectivity index (χ1v) is 5.56. The Labute approximate surface area is 84.9 Å². The van der Waals surface area contributed by atoms with Crippen molar-refractivity contribution in [1.82, 2.24) is 0 Å². The molecule has 1 nitrogen and oxygen atoms in total. The molecule has 0 atom stereocenters. The second-order valence-corrected chi connectivity index (χ2v) is 3.24. The highest BCUT2D eigenvalue weighted by Crippen LogP contribution is 2.43. The fourth-order valence-corrected chi connectivity index (χ4v) is 0.250. The lowest BCUT2D eigenvalue weighted by atomic mass is 10.2. The quantitative estimate of drug-likeness (QED) is 0.555. The maximum atomic E-state index is 9.17. The van der Waals surface area contributed by atoms with Gasteiger partial charge in [0.15, 0.2) is 0 Å². The zero-order chi connectivity index (χ0) is 11.3. The molecule has 0 amide bonds. The predicted molar refractivity (Wildman–Crippen MR) is 62.1 cm³/mol. The van der Waals surface area contributed by atoms with Crippen LogP contribution in [0, 0.1) is 5.41 Å². The van der Waals surface area contributed by atoms with Crippen LogP contribution in [0.3, 0.4) is 0 Å². The minimum atomic E-state index is 0.639. The van der Waals surface area contributed by atoms with Gasteiger partial charge in [-0.3, -0.25) is 0 Å². The summed E-state index contributed by atoms with van der Waals surface area (Å²) in [5.74, 6) is 0. The molecule has 0 bridgehead atoms. The summed E-state index contributed by atoms with van der Waals surface area (Å²) in [5.41, 5.74) is 0.750. The second-order valence-electron chi connectivity index (χ2n) is 3.24. The lowest BCUT2D eigenvalue weighted by molar-refractivity contribution is -0.107. The maximum Gasteiger partial charge on any atom is 0.119 e. The second kappa shape index (κ2) is 14.2. The van der Waals surface area contributed by atoms with Gasteiger partial charge in [0.2, 0.25) is 0 Å². The molecule has 1 aliphatic carbocycles. The van der Waals surface area contributed by atoms with Crippen molar-refractivity contribution >= 4 is 6.29 Å². The average Bonchev–Trinajstić information content (AvgIpc) is 2.88. The van der Waals surface area contributed by atoms with Gasteiger partial charge in [0, 0.05) is 6.42 Å². The van der Waals surface area contributed by atoms with Crippen LogP contribution >= 0.6 is 0 Å². The smallest absolute Gasteiger partial charge is 0.119 e. The van der Waals surface area contributed by atoms with E-state index in [9.17, 15) is 4.79 Å². The van der Waals surface area contributed by atoms with E-state index in [1.54, 1.807) is 0 Å². The summed E-state index contributed by atoms with van der Waals surface area (Å²) in [6.07, 6.45) is 4.42. The largest absolute Gasteiger partial charge is 0.303 e. The van der Waals surface area contributed by atoms with Crippen LogP contribution in [0.1, 0.15) is 67.7 Å². The van der Waals surface area contributed by atoms with Crippen molar-refractivity contribution in [3.63, 3.8) is 0 Å². The zero-order valence-electron chi connectivity index (χ0n) is 10.6. The molecule has 0 saturated heterocycles. The van der Waals surface area contributed by atoms with Crippen molar-refractivity contribution < 1.29 is 4.79 Å². The fraction of sp³-hybridized carbons (Fsp3) is 0.917. The third-order valence-corrected chi connectivity index (χ3v) is 1.42. The summed E-state index contributed by atoms with van der Waals surface area (Å²) >= 11 is 0. The van der Waals surface area contributed by atoms with Gasteiger partial charge in [-0.2, -0.15) is 0 Å². The van der Waals surface area contributed by atoms with Crippen molar-refractivity contribution in [3.8, 4) is 0 Å². The van der Waals surface area contributed by atoms with E-state index < -0.39 is 0 Å². The Morgan fingerprint density at radius 1 is 1.08 bits per heavy atom. The number of rotatable bonds is 1. The van der Waals surface area contributed by atoms with E-state index in [0.717, 1.165) is 11.7 Å². The van der Waals surface area contributed by atoms with E-state index in [4.69, 9.17) is 0 Å². The molecule has 1 fully saturated rings. The Bertz CT molecular complexity index is 79.1. The molecule has 0 aromatic heterocycles. The van der Waals surface area contributed by atoms with Crippen LogP contribution in [-0.2, 0) is 4.79 Å². The maximum absolute atomic E-state index is 9.17. The van der Waals surface area contributed by atoms with Gasteiger partial charge in [0.1, 0.15) is 6.29 Å². The Morgan fingerprint density at radius 2 is 1.23 bits per heavy atom. The number of hydrogen-bond acceptors (Lipinski definition) is 1. The molecule has 0 unspecified atom stereocenters. The Morgan fingerprint density at radius 3 is 1.23 bits per heavy atom. The molecule has 0 radical (unpaired) electrons. The first kappa shape index (κ1) is 18.5. The van der Waals surface area contributed by atoms with Gasteiger partial charge in [-0.15, -0.1) is 0 Å². The highest BCUT2D eigenvalue weighted by Gasteiger charge is 2.30. The molecule has 1 heteroatoms. The van der Waals surface area contributed by atoms with Crippen molar-refractivity contribution in [2.24, 2.45) is 5.41 Å². The molecule has 0 aromatic rings. The standard InChI is InChI=1S/C5H10.C3H6O.2C2H6/c1-5(2)3-4-5;1-2-3-4;2*1-2/h3-4H2,1-2H3;3H,2H2,1H3;2*1-2H3. The minimum Gasteiger partial charge on any atom is -0.303 e. The van der Waals surface area contributed by atoms with Gasteiger partial charge in [0.05, 0.1) is 0 Å². The van der Waals surface area contributed by atoms with Gasteiger partial charge >= 0.3 is 0 Å². The summed E-state index contributed by atoms with van der Waals surface area (Å²) in [7, 11) is 0. The van der Waals surface area contributed by atoms with Crippen molar-refractivity contribution in [1.29, 1.82) is 0 Å². The average molecular weight is 188 g/mol. The van der Waals surface area contributed by atoms with Crippen molar-refractivity contribution in [2.75, 3.05) is 0 Å². The van der Waals surface area contributed by atoms with Gasteiger partial charge < -0.3 is 4.79 Å². The lowest BCUT2D eigenvalue weighted by Gasteiger charge is -1.86. The normalized spacial score (nSPS) is 14.4. The van der Waals surface area contributed by atoms with E-state index in [0.29, 0.717) is 6.42 Å². The summed E-state index contributed by atoms with van der Waals surface area (Å²) in [6.45, 7) is 14.4. The van der Waals surface area contributed by atoms with Crippen LogP contribution in [0.2, 0.25) is 0 Å². The summed E-state index contributed by atoms with van der Waals surface area (Å²) in [5, 5.41) is 0. The van der Waals surface area contributed by atoms with E-state index in [2.05, 4.69) is 13.8 Å². The number of carbonyl (C=O) groups excluding carboxylic acids is 1. The third kappa shape index (κ3) is 33.9. The molecule has 0 aliphatic heterocycles. The van der Waals surface area contributed by atoms with Gasteiger partial charge in [-0.05, 0) is 18.3 Å². The number of carbonyl (C=O) groups is 1. The van der Waals surface area contributed by atoms with Crippen LogP contribution in [0.15, 0.2) is 0 Å². The summed E-state index contributed by atoms with van der Waals surface area (Å²) in [6, 6.07) is 0. The molecule has 0 heterocycles. The highest BCUT2D eigenvalue weighted by atomic mass is 16.1. The van der Waals surface area contributed by atoms with Gasteiger partial charge in [0.25, 0.3) is 0 Å². The van der Waals surface area contributed by atoms with Crippen LogP contribution in [0.5, 0.6) is 0 Å². The Kier molecular flexibility index (Phi) is 20.2. The monoisotopic (exact) mass is 188 g/mol. The van der Waals surface area contributed by atoms with Crippen LogP contribution in [0.25, 0.3) is 0 Å². The first-order chi connectivity index (χ1) is 6.12. The molecule has 82 valence electrons. The first-order valence-electron chi connectivity index (χ1n) is 5.56. The van der Waals surface area contributed by atoms with Crippen LogP contribution in [0.4, 0.5) is 0 Å². The molecule has 13 heavy (non-hydrogen) atoms. The van der Waals surface area contributed by atoms with Crippen molar-refractivity contribution in [3.05, 3.63) is 0 Å². The van der Waals surface area contributed by atoms with Crippen LogP contribution in [-0.4, -0.2) is 6.29 Å². The molecular weight excluding hydrogens is 160 g/mol. The zero-order valence-corrected chi connectivity index (χ0v) is 10.6. The topological polar surface area (TPSA) is 17.1 Å². The molecule has 0 spiro atoms. The number of aldehydes is 1. The molecule has 1 rings (SSSR count). The molecular formula is C12H28O. The molecule has 0 N–H and O–H groups in total. The van der Waals surface area contributed by atoms with Gasteiger partial charge in [-0.25, -0.2) is 0 Å². The molecule has 1 aliphatic rings. The Hall–Kier alpha value is -0.330. The summed E-state index contributed by atoms with van der Waals surface area (Å²) < 4.78 is 0. The van der Waals surface area contributed by atoms with Crippen LogP contribution < -0.4 is 0 Å². The summed E-state index contributed by atoms with van der Waals surface area (Å²) in [4.78, 5) is 9.17. The molecule has 0 aromatic carbocycles. The third-order valence-electron chi connectivity index (χ3n) is 1.42. The number of hydrogen-bond donors (Lipinski definition) is 0. The Balaban J connectivity index is -0.000000114. The van der Waals surface area contributed by atoms with Gasteiger partial charge in [-0.1, -0.05) is 48.5 Å².